The van der Waals surface area contributed by atoms with Crippen LogP contribution in [0.3, 0.4) is 0 Å². The van der Waals surface area contributed by atoms with Gasteiger partial charge < -0.3 is 20.7 Å². The van der Waals surface area contributed by atoms with Crippen LogP contribution in [0.25, 0.3) is 0 Å². The third kappa shape index (κ3) is 7.14. The Bertz CT molecular complexity index is 701. The van der Waals surface area contributed by atoms with Gasteiger partial charge in [-0.2, -0.15) is 0 Å². The second-order valence-corrected chi connectivity index (χ2v) is 6.55. The summed E-state index contributed by atoms with van der Waals surface area (Å²) in [6, 6.07) is 11.8. The minimum atomic E-state index is -0.122. The Morgan fingerprint density at radius 3 is 2.69 bits per heavy atom. The number of amides is 1. The molecular formula is C19H26N4O2S. The molecule has 1 amide bonds. The first-order valence-electron chi connectivity index (χ1n) is 8.74. The maximum absolute atomic E-state index is 11.5. The van der Waals surface area contributed by atoms with E-state index >= 15 is 0 Å². The second-order valence-electron chi connectivity index (χ2n) is 5.52. The number of guanidine groups is 1. The number of hydrogen-bond acceptors (Lipinski definition) is 4. The van der Waals surface area contributed by atoms with Gasteiger partial charge in [0.15, 0.2) is 12.6 Å². The van der Waals surface area contributed by atoms with Crippen molar-refractivity contribution >= 4 is 23.2 Å². The van der Waals surface area contributed by atoms with E-state index in [1.54, 1.807) is 11.3 Å². The highest BCUT2D eigenvalue weighted by atomic mass is 32.1. The fraction of sp³-hybridized carbons (Fsp3) is 0.368. The third-order valence-electron chi connectivity index (χ3n) is 3.42. The minimum Gasteiger partial charge on any atom is -0.484 e. The van der Waals surface area contributed by atoms with E-state index in [4.69, 9.17) is 4.74 Å². The topological polar surface area (TPSA) is 74.8 Å². The molecule has 0 saturated heterocycles. The van der Waals surface area contributed by atoms with E-state index < -0.39 is 0 Å². The van der Waals surface area contributed by atoms with E-state index in [1.807, 2.05) is 44.2 Å². The lowest BCUT2D eigenvalue weighted by Crippen LogP contribution is -2.36. The Hall–Kier alpha value is -2.54. The smallest absolute Gasteiger partial charge is 0.257 e. The van der Waals surface area contributed by atoms with Crippen LogP contribution in [0.4, 0.5) is 0 Å². The molecule has 3 N–H and O–H groups in total. The van der Waals surface area contributed by atoms with Crippen molar-refractivity contribution in [3.63, 3.8) is 0 Å². The van der Waals surface area contributed by atoms with Crippen LogP contribution >= 0.6 is 11.3 Å². The van der Waals surface area contributed by atoms with Gasteiger partial charge in [-0.05, 0) is 43.0 Å². The Labute approximate surface area is 158 Å². The van der Waals surface area contributed by atoms with Gasteiger partial charge in [-0.1, -0.05) is 18.2 Å². The largest absolute Gasteiger partial charge is 0.484 e. The number of aliphatic imine (C=N–C) groups is 1. The molecule has 0 unspecified atom stereocenters. The van der Waals surface area contributed by atoms with Gasteiger partial charge >= 0.3 is 0 Å². The molecule has 7 heteroatoms. The highest BCUT2D eigenvalue weighted by Crippen LogP contribution is 2.14. The highest BCUT2D eigenvalue weighted by Gasteiger charge is 2.03. The van der Waals surface area contributed by atoms with Crippen LogP contribution < -0.4 is 20.7 Å². The molecule has 1 aromatic heterocycles. The predicted molar refractivity (Wildman–Crippen MR) is 107 cm³/mol. The molecule has 0 bridgehead atoms. The molecule has 0 aliphatic heterocycles. The molecule has 0 aliphatic carbocycles. The van der Waals surface area contributed by atoms with E-state index in [-0.39, 0.29) is 12.5 Å². The number of likely N-dealkylation sites (N-methyl/N-ethyl adjacent to an activating group) is 1. The summed E-state index contributed by atoms with van der Waals surface area (Å²) in [5.41, 5.74) is 1.02. The van der Waals surface area contributed by atoms with Crippen LogP contribution in [0.15, 0.2) is 46.8 Å². The van der Waals surface area contributed by atoms with Crippen molar-refractivity contribution in [3.05, 3.63) is 52.2 Å². The normalized spacial score (nSPS) is 11.1. The van der Waals surface area contributed by atoms with Crippen molar-refractivity contribution in [2.24, 2.45) is 4.99 Å². The monoisotopic (exact) mass is 374 g/mol. The van der Waals surface area contributed by atoms with E-state index in [0.717, 1.165) is 24.6 Å². The third-order valence-corrected chi connectivity index (χ3v) is 4.29. The first kappa shape index (κ1) is 19.8. The fourth-order valence-corrected chi connectivity index (χ4v) is 2.87. The summed E-state index contributed by atoms with van der Waals surface area (Å²) < 4.78 is 5.52. The van der Waals surface area contributed by atoms with Crippen molar-refractivity contribution in [2.45, 2.75) is 26.9 Å². The number of carbonyl (C=O) groups is 1. The van der Waals surface area contributed by atoms with Crippen LogP contribution in [0, 0.1) is 0 Å². The van der Waals surface area contributed by atoms with Gasteiger partial charge in [0.1, 0.15) is 5.75 Å². The molecule has 0 spiro atoms. The van der Waals surface area contributed by atoms with Crippen molar-refractivity contribution in [1.29, 1.82) is 0 Å². The van der Waals surface area contributed by atoms with Crippen molar-refractivity contribution in [3.8, 4) is 5.75 Å². The standard InChI is InChI=1S/C19H26N4O2S/c1-3-20-18(24)14-25-16-8-5-7-15(11-16)12-22-19(21-4-2)23-13-17-9-6-10-26-17/h5-11H,3-4,12-14H2,1-2H3,(H,20,24)(H2,21,22,23). The Kier molecular flexibility index (Phi) is 8.48. The Morgan fingerprint density at radius 1 is 1.12 bits per heavy atom. The van der Waals surface area contributed by atoms with E-state index in [1.165, 1.54) is 4.88 Å². The molecule has 26 heavy (non-hydrogen) atoms. The van der Waals surface area contributed by atoms with Crippen LogP contribution in [0.5, 0.6) is 5.75 Å². The molecule has 2 aromatic rings. The summed E-state index contributed by atoms with van der Waals surface area (Å²) in [5.74, 6) is 1.32. The zero-order valence-corrected chi connectivity index (χ0v) is 16.1. The average Bonchev–Trinajstić information content (AvgIpc) is 3.16. The SMILES string of the molecule is CCNC(=O)COc1cccc(CN=C(NCC)NCc2cccs2)c1. The van der Waals surface area contributed by atoms with Crippen LogP contribution in [0.2, 0.25) is 0 Å². The molecular weight excluding hydrogens is 348 g/mol. The first-order chi connectivity index (χ1) is 12.7. The zero-order chi connectivity index (χ0) is 18.6. The lowest BCUT2D eigenvalue weighted by Gasteiger charge is -2.11. The quantitative estimate of drug-likeness (QED) is 0.466. The number of ether oxygens (including phenoxy) is 1. The molecule has 0 saturated carbocycles. The molecule has 0 atom stereocenters. The summed E-state index contributed by atoms with van der Waals surface area (Å²) in [4.78, 5) is 17.4. The summed E-state index contributed by atoms with van der Waals surface area (Å²) in [6.07, 6.45) is 0. The molecule has 6 nitrogen and oxygen atoms in total. The fourth-order valence-electron chi connectivity index (χ4n) is 2.23. The van der Waals surface area contributed by atoms with Gasteiger partial charge in [0.05, 0.1) is 13.1 Å². The first-order valence-corrected chi connectivity index (χ1v) is 9.62. The number of rotatable bonds is 9. The number of carbonyl (C=O) groups excluding carboxylic acids is 1. The summed E-state index contributed by atoms with van der Waals surface area (Å²) in [6.45, 7) is 6.61. The van der Waals surface area contributed by atoms with E-state index in [0.29, 0.717) is 18.8 Å². The Morgan fingerprint density at radius 2 is 1.96 bits per heavy atom. The zero-order valence-electron chi connectivity index (χ0n) is 15.2. The number of thiophene rings is 1. The van der Waals surface area contributed by atoms with E-state index in [9.17, 15) is 4.79 Å². The van der Waals surface area contributed by atoms with Crippen LogP contribution in [0.1, 0.15) is 24.3 Å². The van der Waals surface area contributed by atoms with Crippen LogP contribution in [-0.4, -0.2) is 31.6 Å². The molecule has 2 rings (SSSR count). The maximum atomic E-state index is 11.5. The molecule has 0 fully saturated rings. The molecule has 1 heterocycles. The van der Waals surface area contributed by atoms with Gasteiger partial charge in [0.2, 0.25) is 0 Å². The highest BCUT2D eigenvalue weighted by molar-refractivity contribution is 7.09. The van der Waals surface area contributed by atoms with E-state index in [2.05, 4.69) is 32.4 Å². The van der Waals surface area contributed by atoms with Crippen molar-refractivity contribution in [2.75, 3.05) is 19.7 Å². The minimum absolute atomic E-state index is 0.0194. The van der Waals surface area contributed by atoms with Gasteiger partial charge in [-0.25, -0.2) is 4.99 Å². The summed E-state index contributed by atoms with van der Waals surface area (Å²) >= 11 is 1.72. The molecule has 140 valence electrons. The van der Waals surface area contributed by atoms with Gasteiger partial charge in [-0.3, -0.25) is 4.79 Å². The number of hydrogen-bond donors (Lipinski definition) is 3. The van der Waals surface area contributed by atoms with Crippen molar-refractivity contribution < 1.29 is 9.53 Å². The predicted octanol–water partition coefficient (Wildman–Crippen LogP) is 2.52. The molecule has 0 aliphatic rings. The second kappa shape index (κ2) is 11.1. The summed E-state index contributed by atoms with van der Waals surface area (Å²) in [7, 11) is 0. The lowest BCUT2D eigenvalue weighted by atomic mass is 10.2. The lowest BCUT2D eigenvalue weighted by molar-refractivity contribution is -0.122. The van der Waals surface area contributed by atoms with Gasteiger partial charge in [0.25, 0.3) is 5.91 Å². The Balaban J connectivity index is 1.90. The maximum Gasteiger partial charge on any atom is 0.257 e. The number of benzene rings is 1. The number of nitrogens with zero attached hydrogens (tertiary/aromatic N) is 1. The van der Waals surface area contributed by atoms with Gasteiger partial charge in [0, 0.05) is 18.0 Å². The average molecular weight is 375 g/mol. The van der Waals surface area contributed by atoms with Crippen molar-refractivity contribution in [1.82, 2.24) is 16.0 Å². The number of nitrogens with one attached hydrogen (secondary N) is 3. The van der Waals surface area contributed by atoms with Crippen LogP contribution in [-0.2, 0) is 17.9 Å². The summed E-state index contributed by atoms with van der Waals surface area (Å²) in [5, 5.41) is 11.3. The van der Waals surface area contributed by atoms with Gasteiger partial charge in [-0.15, -0.1) is 11.3 Å². The molecule has 0 radical (unpaired) electrons. The molecule has 1 aromatic carbocycles.